The summed E-state index contributed by atoms with van der Waals surface area (Å²) in [7, 11) is 0. The summed E-state index contributed by atoms with van der Waals surface area (Å²) < 4.78 is 1.81. The molecule has 3 aromatic rings. The van der Waals surface area contributed by atoms with Gasteiger partial charge in [0, 0.05) is 16.8 Å². The van der Waals surface area contributed by atoms with Gasteiger partial charge < -0.3 is 10.6 Å². The van der Waals surface area contributed by atoms with Crippen LogP contribution < -0.4 is 10.6 Å². The fourth-order valence-corrected chi connectivity index (χ4v) is 3.75. The molecule has 0 saturated carbocycles. The molecule has 0 aliphatic carbocycles. The van der Waals surface area contributed by atoms with Gasteiger partial charge in [0.15, 0.2) is 0 Å². The Hall–Kier alpha value is -2.73. The van der Waals surface area contributed by atoms with E-state index in [0.29, 0.717) is 17.5 Å². The molecular formula is C22H26N4OS. The molecule has 6 heteroatoms. The molecule has 3 rings (SSSR count). The highest BCUT2D eigenvalue weighted by Crippen LogP contribution is 2.28. The number of amides is 2. The number of anilines is 2. The molecule has 0 fully saturated rings. The summed E-state index contributed by atoms with van der Waals surface area (Å²) in [6.45, 7) is 6.36. The van der Waals surface area contributed by atoms with Gasteiger partial charge in [-0.25, -0.2) is 4.79 Å². The Balaban J connectivity index is 1.62. The monoisotopic (exact) mass is 394 g/mol. The number of benzene rings is 2. The molecule has 0 saturated heterocycles. The zero-order valence-electron chi connectivity index (χ0n) is 16.5. The average molecular weight is 395 g/mol. The van der Waals surface area contributed by atoms with Gasteiger partial charge in [-0.05, 0) is 35.6 Å². The molecule has 2 amide bonds. The van der Waals surface area contributed by atoms with Crippen molar-refractivity contribution >= 4 is 29.2 Å². The molecule has 0 atom stereocenters. The van der Waals surface area contributed by atoms with E-state index < -0.39 is 0 Å². The van der Waals surface area contributed by atoms with Gasteiger partial charge in [0.1, 0.15) is 0 Å². The van der Waals surface area contributed by atoms with Crippen molar-refractivity contribution in [2.45, 2.75) is 43.9 Å². The van der Waals surface area contributed by atoms with Crippen LogP contribution in [0.15, 0.2) is 65.8 Å². The minimum Gasteiger partial charge on any atom is -0.307 e. The summed E-state index contributed by atoms with van der Waals surface area (Å²) in [4.78, 5) is 13.7. The number of hydrogen-bond acceptors (Lipinski definition) is 3. The van der Waals surface area contributed by atoms with Crippen LogP contribution in [0.25, 0.3) is 0 Å². The minimum atomic E-state index is -0.252. The van der Waals surface area contributed by atoms with Crippen LogP contribution in [0.1, 0.15) is 37.8 Å². The largest absolute Gasteiger partial charge is 0.323 e. The van der Waals surface area contributed by atoms with Crippen molar-refractivity contribution in [3.63, 3.8) is 0 Å². The van der Waals surface area contributed by atoms with E-state index in [1.54, 1.807) is 18.0 Å². The van der Waals surface area contributed by atoms with Crippen LogP contribution in [-0.2, 0) is 12.3 Å². The normalized spacial score (nSPS) is 10.9. The first-order chi connectivity index (χ1) is 13.6. The van der Waals surface area contributed by atoms with Gasteiger partial charge in [-0.2, -0.15) is 5.10 Å². The molecule has 0 unspecified atom stereocenters. The predicted octanol–water partition coefficient (Wildman–Crippen LogP) is 5.96. The number of nitrogens with zero attached hydrogens (tertiary/aromatic N) is 2. The second-order valence-electron chi connectivity index (χ2n) is 6.82. The number of para-hydroxylation sites is 1. The summed E-state index contributed by atoms with van der Waals surface area (Å²) in [6.07, 6.45) is 4.37. The summed E-state index contributed by atoms with van der Waals surface area (Å²) in [6, 6.07) is 16.1. The van der Waals surface area contributed by atoms with Gasteiger partial charge in [0.25, 0.3) is 0 Å². The molecule has 1 aromatic heterocycles. The Kier molecular flexibility index (Phi) is 6.76. The van der Waals surface area contributed by atoms with Crippen LogP contribution >= 0.6 is 11.8 Å². The molecule has 28 heavy (non-hydrogen) atoms. The van der Waals surface area contributed by atoms with Gasteiger partial charge >= 0.3 is 6.03 Å². The Labute approximate surface area is 170 Å². The van der Waals surface area contributed by atoms with Gasteiger partial charge in [-0.3, -0.25) is 4.68 Å². The average Bonchev–Trinajstić information content (AvgIpc) is 3.14. The Bertz CT molecular complexity index is 921. The molecule has 5 nitrogen and oxygen atoms in total. The highest BCUT2D eigenvalue weighted by atomic mass is 32.2. The molecule has 2 aromatic carbocycles. The van der Waals surface area contributed by atoms with Crippen LogP contribution in [0.4, 0.5) is 16.2 Å². The first kappa shape index (κ1) is 20.0. The van der Waals surface area contributed by atoms with Crippen molar-refractivity contribution in [2.75, 3.05) is 10.6 Å². The fraction of sp³-hybridized carbons (Fsp3) is 0.273. The van der Waals surface area contributed by atoms with Crippen molar-refractivity contribution in [1.82, 2.24) is 9.78 Å². The quantitative estimate of drug-likeness (QED) is 0.486. The van der Waals surface area contributed by atoms with Crippen molar-refractivity contribution < 1.29 is 4.79 Å². The third kappa shape index (κ3) is 5.16. The molecule has 2 N–H and O–H groups in total. The van der Waals surface area contributed by atoms with Crippen LogP contribution in [-0.4, -0.2) is 15.8 Å². The van der Waals surface area contributed by atoms with Crippen LogP contribution in [0.3, 0.4) is 0 Å². The fourth-order valence-electron chi connectivity index (χ4n) is 2.98. The lowest BCUT2D eigenvalue weighted by atomic mass is 9.96. The predicted molar refractivity (Wildman–Crippen MR) is 117 cm³/mol. The molecule has 146 valence electrons. The molecule has 0 aliphatic rings. The first-order valence-corrected chi connectivity index (χ1v) is 10.5. The van der Waals surface area contributed by atoms with E-state index >= 15 is 0 Å². The van der Waals surface area contributed by atoms with Crippen LogP contribution in [0, 0.1) is 0 Å². The highest BCUT2D eigenvalue weighted by molar-refractivity contribution is 7.98. The number of hydrogen-bond donors (Lipinski definition) is 2. The summed E-state index contributed by atoms with van der Waals surface area (Å²) in [5.74, 6) is 1.02. The zero-order chi connectivity index (χ0) is 19.9. The van der Waals surface area contributed by atoms with E-state index in [0.717, 1.165) is 23.2 Å². The van der Waals surface area contributed by atoms with Gasteiger partial charge in [0.05, 0.1) is 17.8 Å². The smallest absolute Gasteiger partial charge is 0.307 e. The number of carbonyl (C=O) groups excluding carboxylic acids is 1. The molecule has 0 bridgehead atoms. The van der Waals surface area contributed by atoms with Crippen LogP contribution in [0.5, 0.6) is 0 Å². The van der Waals surface area contributed by atoms with Gasteiger partial charge in [0.2, 0.25) is 0 Å². The number of urea groups is 1. The van der Waals surface area contributed by atoms with E-state index in [1.807, 2.05) is 35.1 Å². The number of aromatic nitrogens is 2. The maximum Gasteiger partial charge on any atom is 0.323 e. The molecule has 0 aliphatic heterocycles. The standard InChI is InChI=1S/C22H26N4OS/c1-4-17-9-8-12-20(16(2)3)21(17)25-22(27)24-18-13-23-26(14-18)15-28-19-10-6-5-7-11-19/h5-14,16H,4,15H2,1-3H3,(H2,24,25,27). The van der Waals surface area contributed by atoms with Crippen molar-refractivity contribution in [2.24, 2.45) is 0 Å². The lowest BCUT2D eigenvalue weighted by Crippen LogP contribution is -2.21. The van der Waals surface area contributed by atoms with Gasteiger partial charge in [-0.1, -0.05) is 57.2 Å². The molecule has 0 radical (unpaired) electrons. The molecule has 1 heterocycles. The number of nitrogens with one attached hydrogen (secondary N) is 2. The maximum atomic E-state index is 12.5. The van der Waals surface area contributed by atoms with E-state index in [4.69, 9.17) is 0 Å². The second kappa shape index (κ2) is 9.46. The van der Waals surface area contributed by atoms with E-state index in [9.17, 15) is 4.79 Å². The molecule has 0 spiro atoms. The van der Waals surface area contributed by atoms with Crippen molar-refractivity contribution in [1.29, 1.82) is 0 Å². The zero-order valence-corrected chi connectivity index (χ0v) is 17.3. The number of thioether (sulfide) groups is 1. The summed E-state index contributed by atoms with van der Waals surface area (Å²) in [5.41, 5.74) is 3.86. The Morgan fingerprint density at radius 2 is 1.89 bits per heavy atom. The highest BCUT2D eigenvalue weighted by Gasteiger charge is 2.13. The lowest BCUT2D eigenvalue weighted by Gasteiger charge is -2.17. The van der Waals surface area contributed by atoms with Gasteiger partial charge in [-0.15, -0.1) is 11.8 Å². The van der Waals surface area contributed by atoms with E-state index in [2.05, 4.69) is 60.8 Å². The maximum absolute atomic E-state index is 12.5. The van der Waals surface area contributed by atoms with Crippen molar-refractivity contribution in [3.8, 4) is 0 Å². The molecular weight excluding hydrogens is 368 g/mol. The summed E-state index contributed by atoms with van der Waals surface area (Å²) in [5, 5.41) is 10.2. The third-order valence-electron chi connectivity index (χ3n) is 4.42. The number of aryl methyl sites for hydroxylation is 1. The third-order valence-corrected chi connectivity index (χ3v) is 5.42. The number of carbonyl (C=O) groups is 1. The number of rotatable bonds is 7. The van der Waals surface area contributed by atoms with Crippen molar-refractivity contribution in [3.05, 3.63) is 72.1 Å². The Morgan fingerprint density at radius 1 is 1.11 bits per heavy atom. The van der Waals surface area contributed by atoms with E-state index in [-0.39, 0.29) is 6.03 Å². The van der Waals surface area contributed by atoms with E-state index in [1.165, 1.54) is 4.90 Å². The summed E-state index contributed by atoms with van der Waals surface area (Å²) >= 11 is 1.69. The van der Waals surface area contributed by atoms with Crippen LogP contribution in [0.2, 0.25) is 0 Å². The first-order valence-electron chi connectivity index (χ1n) is 9.47. The topological polar surface area (TPSA) is 59.0 Å². The minimum absolute atomic E-state index is 0.252. The SMILES string of the molecule is CCc1cccc(C(C)C)c1NC(=O)Nc1cnn(CSc2ccccc2)c1. The lowest BCUT2D eigenvalue weighted by molar-refractivity contribution is 0.262. The Morgan fingerprint density at radius 3 is 2.61 bits per heavy atom. The second-order valence-corrected chi connectivity index (χ2v) is 7.84.